The first-order chi connectivity index (χ1) is 12.1. The van der Waals surface area contributed by atoms with Crippen molar-refractivity contribution >= 4 is 8.80 Å². The lowest BCUT2D eigenvalue weighted by Crippen LogP contribution is -2.52. The molecule has 0 aromatic carbocycles. The van der Waals surface area contributed by atoms with Crippen LogP contribution in [0.5, 0.6) is 0 Å². The van der Waals surface area contributed by atoms with Gasteiger partial charge in [-0.1, -0.05) is 86.0 Å². The van der Waals surface area contributed by atoms with Crippen molar-refractivity contribution in [3.05, 3.63) is 0 Å². The van der Waals surface area contributed by atoms with E-state index in [1.54, 1.807) is 7.11 Å². The van der Waals surface area contributed by atoms with E-state index in [1.807, 2.05) is 0 Å². The second kappa shape index (κ2) is 15.2. The van der Waals surface area contributed by atoms with Crippen LogP contribution in [0.25, 0.3) is 0 Å². The third kappa shape index (κ3) is 10.1. The summed E-state index contributed by atoms with van der Waals surface area (Å²) in [4.78, 5) is 0. The highest BCUT2D eigenvalue weighted by Gasteiger charge is 2.45. The lowest BCUT2D eigenvalue weighted by Gasteiger charge is -2.41. The monoisotopic (exact) mass is 374 g/mol. The minimum atomic E-state index is -2.56. The molecule has 1 unspecified atom stereocenters. The number of rotatable bonds is 18. The van der Waals surface area contributed by atoms with Crippen LogP contribution < -0.4 is 0 Å². The molecular weight excluding hydrogens is 328 g/mol. The summed E-state index contributed by atoms with van der Waals surface area (Å²) in [6, 6.07) is 0.856. The molecule has 0 saturated heterocycles. The van der Waals surface area contributed by atoms with Crippen molar-refractivity contribution in [2.24, 2.45) is 0 Å². The molecule has 0 fully saturated rings. The molecule has 0 spiro atoms. The molecule has 0 aliphatic heterocycles. The Kier molecular flexibility index (Phi) is 15.2. The number of hydrogen-bond donors (Lipinski definition) is 0. The fraction of sp³-hybridized carbons (Fsp3) is 1.00. The molecule has 0 aromatic rings. The van der Waals surface area contributed by atoms with Crippen LogP contribution in [0.3, 0.4) is 0 Å². The number of unbranched alkanes of at least 4 members (excludes halogenated alkanes) is 6. The molecule has 0 aliphatic carbocycles. The zero-order chi connectivity index (χ0) is 19.0. The molecule has 0 saturated carbocycles. The van der Waals surface area contributed by atoms with E-state index in [-0.39, 0.29) is 5.60 Å². The van der Waals surface area contributed by atoms with Gasteiger partial charge in [0.2, 0.25) is 0 Å². The molecule has 1 atom stereocenters. The highest BCUT2D eigenvalue weighted by atomic mass is 28.4. The minimum Gasteiger partial charge on any atom is -0.377 e. The topological polar surface area (TPSA) is 27.7 Å². The van der Waals surface area contributed by atoms with E-state index in [2.05, 4.69) is 34.6 Å². The van der Waals surface area contributed by atoms with Gasteiger partial charge in [-0.25, -0.2) is 0 Å². The Balaban J connectivity index is 5.06. The van der Waals surface area contributed by atoms with Gasteiger partial charge in [0.15, 0.2) is 0 Å². The second-order valence-corrected chi connectivity index (χ2v) is 10.3. The third-order valence-electron chi connectivity index (χ3n) is 5.26. The summed E-state index contributed by atoms with van der Waals surface area (Å²) in [5.41, 5.74) is -0.0620. The Labute approximate surface area is 159 Å². The predicted octanol–water partition coefficient (Wildman–Crippen LogP) is 7.12. The van der Waals surface area contributed by atoms with Crippen LogP contribution in [0, 0.1) is 0 Å². The molecular formula is C21H46O3Si. The van der Waals surface area contributed by atoms with Crippen LogP contribution in [0.4, 0.5) is 0 Å². The normalized spacial score (nSPS) is 14.6. The lowest BCUT2D eigenvalue weighted by molar-refractivity contribution is -0.0404. The van der Waals surface area contributed by atoms with E-state index < -0.39 is 8.80 Å². The minimum absolute atomic E-state index is 0.0620. The first kappa shape index (κ1) is 25.1. The molecule has 0 aliphatic rings. The Bertz CT molecular complexity index is 281. The van der Waals surface area contributed by atoms with Gasteiger partial charge in [-0.05, 0) is 25.7 Å². The van der Waals surface area contributed by atoms with Gasteiger partial charge in [0.1, 0.15) is 0 Å². The maximum absolute atomic E-state index is 6.83. The summed E-state index contributed by atoms with van der Waals surface area (Å²) in [6.07, 6.45) is 14.7. The molecule has 25 heavy (non-hydrogen) atoms. The van der Waals surface area contributed by atoms with E-state index in [1.165, 1.54) is 51.4 Å². The van der Waals surface area contributed by atoms with Crippen molar-refractivity contribution in [2.45, 2.75) is 123 Å². The second-order valence-electron chi connectivity index (χ2n) is 7.35. The SMILES string of the molecule is CCCCCCC(CC)(CCCCCC)O[Si](CC)(OC)OCCC. The van der Waals surface area contributed by atoms with E-state index in [9.17, 15) is 0 Å². The standard InChI is InChI=1S/C21H46O3Si/c1-7-12-14-16-18-21(10-4,19-17-15-13-8-2)24-25(11-5,22-6)23-20-9-3/h7-20H2,1-6H3. The highest BCUT2D eigenvalue weighted by Crippen LogP contribution is 2.35. The zero-order valence-corrected chi connectivity index (χ0v) is 19.1. The quantitative estimate of drug-likeness (QED) is 0.189. The smallest absolute Gasteiger partial charge is 0.377 e. The third-order valence-corrected chi connectivity index (χ3v) is 8.13. The van der Waals surface area contributed by atoms with Crippen molar-refractivity contribution in [3.8, 4) is 0 Å². The predicted molar refractivity (Wildman–Crippen MR) is 111 cm³/mol. The first-order valence-electron chi connectivity index (χ1n) is 11.0. The maximum atomic E-state index is 6.83. The molecule has 0 radical (unpaired) electrons. The van der Waals surface area contributed by atoms with Gasteiger partial charge in [0, 0.05) is 19.8 Å². The molecule has 0 heterocycles. The van der Waals surface area contributed by atoms with E-state index >= 15 is 0 Å². The van der Waals surface area contributed by atoms with Crippen molar-refractivity contribution in [2.75, 3.05) is 13.7 Å². The fourth-order valence-electron chi connectivity index (χ4n) is 3.44. The van der Waals surface area contributed by atoms with E-state index in [4.69, 9.17) is 13.3 Å². The van der Waals surface area contributed by atoms with Gasteiger partial charge < -0.3 is 13.3 Å². The van der Waals surface area contributed by atoms with Crippen LogP contribution in [0.1, 0.15) is 112 Å². The lowest BCUT2D eigenvalue weighted by atomic mass is 9.87. The van der Waals surface area contributed by atoms with Gasteiger partial charge in [-0.15, -0.1) is 0 Å². The van der Waals surface area contributed by atoms with Gasteiger partial charge in [-0.2, -0.15) is 0 Å². The van der Waals surface area contributed by atoms with Gasteiger partial charge >= 0.3 is 8.80 Å². The molecule has 152 valence electrons. The fourth-order valence-corrected chi connectivity index (χ4v) is 5.86. The first-order valence-corrected chi connectivity index (χ1v) is 12.9. The molecule has 0 bridgehead atoms. The van der Waals surface area contributed by atoms with Crippen molar-refractivity contribution in [1.82, 2.24) is 0 Å². The molecule has 0 N–H and O–H groups in total. The van der Waals surface area contributed by atoms with Crippen LogP contribution in [-0.4, -0.2) is 28.1 Å². The molecule has 0 aromatic heterocycles. The Hall–Kier alpha value is 0.0969. The zero-order valence-electron chi connectivity index (χ0n) is 18.1. The van der Waals surface area contributed by atoms with Gasteiger partial charge in [-0.3, -0.25) is 0 Å². The Morgan fingerprint density at radius 1 is 0.720 bits per heavy atom. The number of hydrogen-bond acceptors (Lipinski definition) is 3. The van der Waals surface area contributed by atoms with Crippen molar-refractivity contribution < 1.29 is 13.3 Å². The van der Waals surface area contributed by atoms with E-state index in [0.717, 1.165) is 38.3 Å². The molecule has 0 rings (SSSR count). The van der Waals surface area contributed by atoms with Gasteiger partial charge in [0.05, 0.1) is 5.60 Å². The Morgan fingerprint density at radius 2 is 1.28 bits per heavy atom. The Morgan fingerprint density at radius 3 is 1.64 bits per heavy atom. The van der Waals surface area contributed by atoms with Gasteiger partial charge in [0.25, 0.3) is 0 Å². The van der Waals surface area contributed by atoms with Crippen LogP contribution in [0.15, 0.2) is 0 Å². The summed E-state index contributed by atoms with van der Waals surface area (Å²) in [7, 11) is -0.780. The van der Waals surface area contributed by atoms with Crippen LogP contribution in [0.2, 0.25) is 6.04 Å². The maximum Gasteiger partial charge on any atom is 0.500 e. The summed E-state index contributed by atoms with van der Waals surface area (Å²) < 4.78 is 18.9. The van der Waals surface area contributed by atoms with Crippen LogP contribution >= 0.6 is 0 Å². The summed E-state index contributed by atoms with van der Waals surface area (Å²) in [6.45, 7) is 11.9. The van der Waals surface area contributed by atoms with Crippen molar-refractivity contribution in [1.29, 1.82) is 0 Å². The summed E-state index contributed by atoms with van der Waals surface area (Å²) in [5.74, 6) is 0. The van der Waals surface area contributed by atoms with Crippen molar-refractivity contribution in [3.63, 3.8) is 0 Å². The largest absolute Gasteiger partial charge is 0.500 e. The average molecular weight is 375 g/mol. The van der Waals surface area contributed by atoms with Crippen LogP contribution in [-0.2, 0) is 13.3 Å². The molecule has 3 nitrogen and oxygen atoms in total. The summed E-state index contributed by atoms with van der Waals surface area (Å²) >= 11 is 0. The molecule has 4 heteroatoms. The molecule has 0 amide bonds. The summed E-state index contributed by atoms with van der Waals surface area (Å²) in [5, 5.41) is 0. The average Bonchev–Trinajstić information content (AvgIpc) is 2.65. The van der Waals surface area contributed by atoms with E-state index in [0.29, 0.717) is 0 Å². The highest BCUT2D eigenvalue weighted by molar-refractivity contribution is 6.60.